The van der Waals surface area contributed by atoms with Gasteiger partial charge in [-0.1, -0.05) is 20.3 Å². The van der Waals surface area contributed by atoms with Gasteiger partial charge in [0.05, 0.1) is 0 Å². The fraction of sp³-hybridized carbons (Fsp3) is 1.00. The third kappa shape index (κ3) is 4.41. The molecule has 0 aliphatic carbocycles. The SMILES string of the molecule is CC(C)CN(CC1CCCN1)S(=O)(=O)N1CCCCC1C. The lowest BCUT2D eigenvalue weighted by Gasteiger charge is -2.37. The molecule has 0 radical (unpaired) electrons. The number of nitrogens with zero attached hydrogens (tertiary/aromatic N) is 2. The Labute approximate surface area is 130 Å². The second-order valence-corrected chi connectivity index (χ2v) is 8.85. The van der Waals surface area contributed by atoms with Crippen LogP contribution in [-0.4, -0.2) is 55.3 Å². The normalized spacial score (nSPS) is 28.6. The average Bonchev–Trinajstić information content (AvgIpc) is 2.90. The molecule has 2 atom stereocenters. The van der Waals surface area contributed by atoms with E-state index in [1.165, 1.54) is 0 Å². The third-order valence-electron chi connectivity index (χ3n) is 4.52. The van der Waals surface area contributed by atoms with Gasteiger partial charge in [-0.3, -0.25) is 0 Å². The molecule has 0 saturated carbocycles. The van der Waals surface area contributed by atoms with Crippen molar-refractivity contribution in [3.8, 4) is 0 Å². The fourth-order valence-electron chi connectivity index (χ4n) is 3.39. The van der Waals surface area contributed by atoms with Crippen LogP contribution >= 0.6 is 0 Å². The summed E-state index contributed by atoms with van der Waals surface area (Å²) in [5.74, 6) is 0.348. The number of hydrogen-bond donors (Lipinski definition) is 1. The molecule has 0 amide bonds. The van der Waals surface area contributed by atoms with E-state index in [2.05, 4.69) is 19.2 Å². The summed E-state index contributed by atoms with van der Waals surface area (Å²) in [6.45, 7) is 9.14. The first-order valence-corrected chi connectivity index (χ1v) is 9.81. The van der Waals surface area contributed by atoms with Crippen LogP contribution < -0.4 is 5.32 Å². The van der Waals surface area contributed by atoms with E-state index in [0.717, 1.165) is 38.6 Å². The molecule has 2 unspecified atom stereocenters. The van der Waals surface area contributed by atoms with Crippen molar-refractivity contribution < 1.29 is 8.42 Å². The second-order valence-electron chi connectivity index (χ2n) is 6.97. The molecule has 2 heterocycles. The van der Waals surface area contributed by atoms with Gasteiger partial charge in [-0.05, 0) is 45.1 Å². The van der Waals surface area contributed by atoms with E-state index in [1.807, 2.05) is 6.92 Å². The smallest absolute Gasteiger partial charge is 0.282 e. The van der Waals surface area contributed by atoms with Crippen LogP contribution in [-0.2, 0) is 10.2 Å². The van der Waals surface area contributed by atoms with Crippen LogP contribution in [0.25, 0.3) is 0 Å². The van der Waals surface area contributed by atoms with Crippen LogP contribution in [0.4, 0.5) is 0 Å². The molecule has 6 heteroatoms. The summed E-state index contributed by atoms with van der Waals surface area (Å²) in [7, 11) is -3.33. The zero-order valence-electron chi connectivity index (χ0n) is 13.7. The maximum Gasteiger partial charge on any atom is 0.282 e. The molecule has 1 N–H and O–H groups in total. The lowest BCUT2D eigenvalue weighted by atomic mass is 10.1. The summed E-state index contributed by atoms with van der Waals surface area (Å²) < 4.78 is 29.5. The van der Waals surface area contributed by atoms with E-state index in [-0.39, 0.29) is 6.04 Å². The Morgan fingerprint density at radius 1 is 1.24 bits per heavy atom. The van der Waals surface area contributed by atoms with Crippen LogP contribution in [0.15, 0.2) is 0 Å². The maximum atomic E-state index is 13.0. The van der Waals surface area contributed by atoms with E-state index < -0.39 is 10.2 Å². The highest BCUT2D eigenvalue weighted by molar-refractivity contribution is 7.86. The Morgan fingerprint density at radius 2 is 2.00 bits per heavy atom. The molecule has 2 aliphatic rings. The van der Waals surface area contributed by atoms with Gasteiger partial charge in [0, 0.05) is 31.7 Å². The maximum absolute atomic E-state index is 13.0. The van der Waals surface area contributed by atoms with Crippen LogP contribution in [0, 0.1) is 5.92 Å². The predicted molar refractivity (Wildman–Crippen MR) is 86.4 cm³/mol. The van der Waals surface area contributed by atoms with E-state index in [0.29, 0.717) is 31.6 Å². The van der Waals surface area contributed by atoms with E-state index in [1.54, 1.807) is 8.61 Å². The van der Waals surface area contributed by atoms with Crippen molar-refractivity contribution in [2.24, 2.45) is 5.92 Å². The zero-order valence-corrected chi connectivity index (χ0v) is 14.5. The second kappa shape index (κ2) is 7.40. The highest BCUT2D eigenvalue weighted by atomic mass is 32.2. The fourth-order valence-corrected chi connectivity index (χ4v) is 5.46. The minimum Gasteiger partial charge on any atom is -0.313 e. The van der Waals surface area contributed by atoms with Gasteiger partial charge in [0.1, 0.15) is 0 Å². The van der Waals surface area contributed by atoms with Gasteiger partial charge in [0.15, 0.2) is 0 Å². The molecule has 21 heavy (non-hydrogen) atoms. The molecule has 2 rings (SSSR count). The topological polar surface area (TPSA) is 52.7 Å². The van der Waals surface area contributed by atoms with Gasteiger partial charge < -0.3 is 5.32 Å². The highest BCUT2D eigenvalue weighted by Crippen LogP contribution is 2.23. The quantitative estimate of drug-likeness (QED) is 0.813. The van der Waals surface area contributed by atoms with E-state index in [4.69, 9.17) is 0 Å². The van der Waals surface area contributed by atoms with Crippen molar-refractivity contribution in [3.05, 3.63) is 0 Å². The van der Waals surface area contributed by atoms with Crippen LogP contribution in [0.3, 0.4) is 0 Å². The summed E-state index contributed by atoms with van der Waals surface area (Å²) in [4.78, 5) is 0. The molecule has 0 aromatic rings. The summed E-state index contributed by atoms with van der Waals surface area (Å²) >= 11 is 0. The third-order valence-corrected chi connectivity index (χ3v) is 6.61. The lowest BCUT2D eigenvalue weighted by Crippen LogP contribution is -2.53. The van der Waals surface area contributed by atoms with Crippen molar-refractivity contribution in [2.75, 3.05) is 26.2 Å². The lowest BCUT2D eigenvalue weighted by molar-refractivity contribution is 0.234. The van der Waals surface area contributed by atoms with Crippen molar-refractivity contribution in [1.29, 1.82) is 0 Å². The molecule has 2 aliphatic heterocycles. The molecule has 5 nitrogen and oxygen atoms in total. The standard InChI is InChI=1S/C15H31N3O2S/c1-13(2)11-17(12-15-8-6-9-16-15)21(19,20)18-10-5-4-7-14(18)3/h13-16H,4-12H2,1-3H3. The Hall–Kier alpha value is -0.170. The number of hydrogen-bond acceptors (Lipinski definition) is 3. The largest absolute Gasteiger partial charge is 0.313 e. The Balaban J connectivity index is 2.12. The van der Waals surface area contributed by atoms with Crippen molar-refractivity contribution >= 4 is 10.2 Å². The minimum absolute atomic E-state index is 0.134. The highest BCUT2D eigenvalue weighted by Gasteiger charge is 2.36. The van der Waals surface area contributed by atoms with Gasteiger partial charge in [0.25, 0.3) is 10.2 Å². The summed E-state index contributed by atoms with van der Waals surface area (Å²) in [6, 6.07) is 0.452. The van der Waals surface area contributed by atoms with Crippen molar-refractivity contribution in [2.45, 2.75) is 65.0 Å². The molecule has 2 saturated heterocycles. The number of nitrogens with one attached hydrogen (secondary N) is 1. The van der Waals surface area contributed by atoms with E-state index >= 15 is 0 Å². The van der Waals surface area contributed by atoms with Gasteiger partial charge in [-0.15, -0.1) is 0 Å². The average molecular weight is 317 g/mol. The number of rotatable bonds is 6. The Morgan fingerprint density at radius 3 is 2.57 bits per heavy atom. The molecule has 124 valence electrons. The molecule has 0 bridgehead atoms. The van der Waals surface area contributed by atoms with Gasteiger partial charge >= 0.3 is 0 Å². The monoisotopic (exact) mass is 317 g/mol. The van der Waals surface area contributed by atoms with Gasteiger partial charge in [0.2, 0.25) is 0 Å². The Bertz CT molecular complexity index is 419. The van der Waals surface area contributed by atoms with Crippen molar-refractivity contribution in [1.82, 2.24) is 13.9 Å². The molecule has 0 spiro atoms. The molecule has 2 fully saturated rings. The first-order valence-electron chi connectivity index (χ1n) is 8.41. The molecule has 0 aromatic heterocycles. The van der Waals surface area contributed by atoms with E-state index in [9.17, 15) is 8.42 Å². The van der Waals surface area contributed by atoms with Crippen molar-refractivity contribution in [3.63, 3.8) is 0 Å². The minimum atomic E-state index is -3.33. The van der Waals surface area contributed by atoms with Crippen LogP contribution in [0.2, 0.25) is 0 Å². The summed E-state index contributed by atoms with van der Waals surface area (Å²) in [5, 5.41) is 3.42. The summed E-state index contributed by atoms with van der Waals surface area (Å²) in [6.07, 6.45) is 5.35. The zero-order chi connectivity index (χ0) is 15.5. The molecular weight excluding hydrogens is 286 g/mol. The van der Waals surface area contributed by atoms with Crippen LogP contribution in [0.1, 0.15) is 52.9 Å². The Kier molecular flexibility index (Phi) is 6.05. The van der Waals surface area contributed by atoms with Crippen LogP contribution in [0.5, 0.6) is 0 Å². The summed E-state index contributed by atoms with van der Waals surface area (Å²) in [5.41, 5.74) is 0. The molecular formula is C15H31N3O2S. The predicted octanol–water partition coefficient (Wildman–Crippen LogP) is 1.82. The number of piperidine rings is 1. The van der Waals surface area contributed by atoms with Gasteiger partial charge in [-0.25, -0.2) is 0 Å². The molecule has 0 aromatic carbocycles. The van der Waals surface area contributed by atoms with Gasteiger partial charge in [-0.2, -0.15) is 17.0 Å². The first kappa shape index (κ1) is 17.2. The first-order chi connectivity index (χ1) is 9.91.